The number of hydrogen-bond acceptors (Lipinski definition) is 7. The van der Waals surface area contributed by atoms with E-state index >= 15 is 0 Å². The van der Waals surface area contributed by atoms with Crippen LogP contribution in [0.2, 0.25) is 5.02 Å². The van der Waals surface area contributed by atoms with Crippen LogP contribution in [0.3, 0.4) is 0 Å². The van der Waals surface area contributed by atoms with Crippen LogP contribution in [-0.4, -0.2) is 45.1 Å². The second-order valence-electron chi connectivity index (χ2n) is 6.78. The lowest BCUT2D eigenvalue weighted by atomic mass is 10.3. The Balaban J connectivity index is 1.59. The minimum absolute atomic E-state index is 0.0309. The van der Waals surface area contributed by atoms with Crippen molar-refractivity contribution in [2.75, 3.05) is 24.8 Å². The third-order valence-electron chi connectivity index (χ3n) is 4.63. The van der Waals surface area contributed by atoms with Crippen molar-refractivity contribution < 1.29 is 14.3 Å². The normalized spacial score (nSPS) is 10.9. The number of rotatable bonds is 8. The molecule has 0 saturated heterocycles. The first-order valence-electron chi connectivity index (χ1n) is 9.95. The lowest BCUT2D eigenvalue weighted by molar-refractivity contribution is -0.113. The molecular formula is C22H20ClN5O4S. The minimum atomic E-state index is -0.329. The maximum Gasteiger partial charge on any atom is 0.269 e. The number of benzene rings is 2. The highest BCUT2D eigenvalue weighted by atomic mass is 35.5. The van der Waals surface area contributed by atoms with Gasteiger partial charge in [0.25, 0.3) is 5.56 Å². The summed E-state index contributed by atoms with van der Waals surface area (Å²) in [6.07, 6.45) is 1.42. The van der Waals surface area contributed by atoms with Gasteiger partial charge in [-0.15, -0.1) is 0 Å². The summed E-state index contributed by atoms with van der Waals surface area (Å²) < 4.78 is 12.0. The van der Waals surface area contributed by atoms with E-state index in [1.165, 1.54) is 17.9 Å². The molecule has 0 unspecified atom stereocenters. The minimum Gasteiger partial charge on any atom is -0.495 e. The predicted molar refractivity (Wildman–Crippen MR) is 128 cm³/mol. The SMILES string of the molecule is CCOc1ccc(NC(=O)CSc2nc3[nH]ncc3c(=O)n2-c2ccc(OC)c(Cl)c2)cc1. The average molecular weight is 486 g/mol. The van der Waals surface area contributed by atoms with E-state index in [0.29, 0.717) is 44.9 Å². The molecule has 11 heteroatoms. The Hall–Kier alpha value is -3.50. The van der Waals surface area contributed by atoms with Crippen LogP contribution in [0.5, 0.6) is 11.5 Å². The molecule has 4 aromatic rings. The molecule has 170 valence electrons. The molecule has 0 atom stereocenters. The number of fused-ring (bicyclic) bond motifs is 1. The largest absolute Gasteiger partial charge is 0.495 e. The zero-order valence-electron chi connectivity index (χ0n) is 17.8. The number of methoxy groups -OCH3 is 1. The molecule has 2 aromatic heterocycles. The van der Waals surface area contributed by atoms with Gasteiger partial charge in [-0.2, -0.15) is 5.10 Å². The second kappa shape index (κ2) is 9.97. The van der Waals surface area contributed by atoms with Gasteiger partial charge in [-0.1, -0.05) is 23.4 Å². The number of anilines is 1. The van der Waals surface area contributed by atoms with Crippen LogP contribution < -0.4 is 20.3 Å². The molecule has 9 nitrogen and oxygen atoms in total. The summed E-state index contributed by atoms with van der Waals surface area (Å²) in [6, 6.07) is 12.1. The number of aromatic nitrogens is 4. The average Bonchev–Trinajstić information content (AvgIpc) is 3.28. The number of carbonyl (C=O) groups is 1. The Labute approximate surface area is 198 Å². The van der Waals surface area contributed by atoms with E-state index in [9.17, 15) is 9.59 Å². The van der Waals surface area contributed by atoms with Crippen LogP contribution in [0.25, 0.3) is 16.7 Å². The Morgan fingerprint density at radius 2 is 2.03 bits per heavy atom. The summed E-state index contributed by atoms with van der Waals surface area (Å²) in [6.45, 7) is 2.47. The fourth-order valence-electron chi connectivity index (χ4n) is 3.12. The highest BCUT2D eigenvalue weighted by Crippen LogP contribution is 2.28. The number of aromatic amines is 1. The summed E-state index contributed by atoms with van der Waals surface area (Å²) in [5, 5.41) is 10.4. The number of nitrogens with zero attached hydrogens (tertiary/aromatic N) is 3. The summed E-state index contributed by atoms with van der Waals surface area (Å²) in [5.41, 5.74) is 1.14. The van der Waals surface area contributed by atoms with Crippen molar-refractivity contribution in [1.29, 1.82) is 0 Å². The van der Waals surface area contributed by atoms with Crippen molar-refractivity contribution in [3.05, 3.63) is 64.0 Å². The highest BCUT2D eigenvalue weighted by molar-refractivity contribution is 7.99. The number of nitrogens with one attached hydrogen (secondary N) is 2. The van der Waals surface area contributed by atoms with E-state index < -0.39 is 0 Å². The van der Waals surface area contributed by atoms with Crippen LogP contribution >= 0.6 is 23.4 Å². The lowest BCUT2D eigenvalue weighted by Crippen LogP contribution is -2.22. The van der Waals surface area contributed by atoms with Gasteiger partial charge in [0, 0.05) is 5.69 Å². The third-order valence-corrected chi connectivity index (χ3v) is 5.86. The predicted octanol–water partition coefficient (Wildman–Crippen LogP) is 3.90. The second-order valence-corrected chi connectivity index (χ2v) is 8.13. The molecule has 2 heterocycles. The van der Waals surface area contributed by atoms with E-state index in [0.717, 1.165) is 17.5 Å². The maximum absolute atomic E-state index is 13.2. The van der Waals surface area contributed by atoms with Crippen LogP contribution in [0, 0.1) is 0 Å². The monoisotopic (exact) mass is 485 g/mol. The number of halogens is 1. The topological polar surface area (TPSA) is 111 Å². The van der Waals surface area contributed by atoms with Crippen molar-refractivity contribution in [2.24, 2.45) is 0 Å². The first-order chi connectivity index (χ1) is 16.0. The quantitative estimate of drug-likeness (QED) is 0.287. The van der Waals surface area contributed by atoms with Crippen molar-refractivity contribution in [2.45, 2.75) is 12.1 Å². The smallest absolute Gasteiger partial charge is 0.269 e. The Morgan fingerprint density at radius 3 is 2.73 bits per heavy atom. The zero-order valence-corrected chi connectivity index (χ0v) is 19.4. The standard InChI is InChI=1S/C22H20ClN5O4S/c1-3-32-15-7-4-13(5-8-15)25-19(29)12-33-22-26-20-16(11-24-27-20)21(30)28(22)14-6-9-18(31-2)17(23)10-14/h4-11H,3,12H2,1-2H3,(H,24,27)(H,25,29). The molecule has 4 rings (SSSR count). The molecular weight excluding hydrogens is 466 g/mol. The first kappa shape index (κ1) is 22.7. The summed E-state index contributed by atoms with van der Waals surface area (Å²) in [4.78, 5) is 30.2. The molecule has 1 amide bonds. The Bertz CT molecular complexity index is 1350. The van der Waals surface area contributed by atoms with Gasteiger partial charge in [0.2, 0.25) is 5.91 Å². The van der Waals surface area contributed by atoms with Crippen molar-refractivity contribution in [3.63, 3.8) is 0 Å². The number of H-pyrrole nitrogens is 1. The van der Waals surface area contributed by atoms with Crippen LogP contribution in [-0.2, 0) is 4.79 Å². The molecule has 33 heavy (non-hydrogen) atoms. The summed E-state index contributed by atoms with van der Waals surface area (Å²) >= 11 is 7.39. The van der Waals surface area contributed by atoms with Crippen molar-refractivity contribution in [3.8, 4) is 17.2 Å². The molecule has 0 radical (unpaired) electrons. The van der Waals surface area contributed by atoms with Crippen molar-refractivity contribution in [1.82, 2.24) is 19.7 Å². The summed E-state index contributed by atoms with van der Waals surface area (Å²) in [5.74, 6) is 0.990. The lowest BCUT2D eigenvalue weighted by Gasteiger charge is -2.13. The molecule has 0 aliphatic rings. The van der Waals surface area contributed by atoms with Gasteiger partial charge in [-0.05, 0) is 49.4 Å². The van der Waals surface area contributed by atoms with E-state index in [1.54, 1.807) is 42.5 Å². The van der Waals surface area contributed by atoms with Gasteiger partial charge in [-0.25, -0.2) is 4.98 Å². The van der Waals surface area contributed by atoms with E-state index in [1.807, 2.05) is 6.92 Å². The molecule has 0 bridgehead atoms. The molecule has 0 saturated carbocycles. The number of carbonyl (C=O) groups excluding carboxylic acids is 1. The molecule has 2 N–H and O–H groups in total. The Kier molecular flexibility index (Phi) is 6.85. The highest BCUT2D eigenvalue weighted by Gasteiger charge is 2.17. The third kappa shape index (κ3) is 4.96. The molecule has 0 aliphatic heterocycles. The maximum atomic E-state index is 13.2. The van der Waals surface area contributed by atoms with Gasteiger partial charge in [-0.3, -0.25) is 19.3 Å². The van der Waals surface area contributed by atoms with Gasteiger partial charge in [0.1, 0.15) is 16.9 Å². The molecule has 2 aromatic carbocycles. The van der Waals surface area contributed by atoms with E-state index in [4.69, 9.17) is 21.1 Å². The summed E-state index contributed by atoms with van der Waals surface area (Å²) in [7, 11) is 1.51. The van der Waals surface area contributed by atoms with E-state index in [2.05, 4.69) is 20.5 Å². The Morgan fingerprint density at radius 1 is 1.24 bits per heavy atom. The van der Waals surface area contributed by atoms with Crippen molar-refractivity contribution >= 4 is 46.0 Å². The molecule has 0 spiro atoms. The number of ether oxygens (including phenoxy) is 2. The van der Waals surface area contributed by atoms with Gasteiger partial charge in [0.05, 0.1) is 36.4 Å². The number of hydrogen-bond donors (Lipinski definition) is 2. The van der Waals surface area contributed by atoms with Crippen LogP contribution in [0.1, 0.15) is 6.92 Å². The fourth-order valence-corrected chi connectivity index (χ4v) is 4.18. The molecule has 0 aliphatic carbocycles. The fraction of sp³-hybridized carbons (Fsp3) is 0.182. The van der Waals surface area contributed by atoms with Gasteiger partial charge in [0.15, 0.2) is 10.8 Å². The van der Waals surface area contributed by atoms with Crippen LogP contribution in [0.4, 0.5) is 5.69 Å². The number of amides is 1. The van der Waals surface area contributed by atoms with E-state index in [-0.39, 0.29) is 17.2 Å². The van der Waals surface area contributed by atoms with Gasteiger partial charge < -0.3 is 14.8 Å². The molecule has 0 fully saturated rings. The van der Waals surface area contributed by atoms with Gasteiger partial charge >= 0.3 is 0 Å². The number of thioether (sulfide) groups is 1. The van der Waals surface area contributed by atoms with Crippen LogP contribution in [0.15, 0.2) is 58.6 Å². The first-order valence-corrected chi connectivity index (χ1v) is 11.3. The zero-order chi connectivity index (χ0) is 23.4.